The summed E-state index contributed by atoms with van der Waals surface area (Å²) in [5.74, 6) is 0.388. The standard InChI is InChI=1S/C26H23F3N4/c1-17-6-7-19(12-17)14-30-18(2)21-4-3-5-24(13-21)33-25-31-15-22(16-32-25)20-8-10-23(11-9-20)26(27,28)29/h3-11,13,15-16,30H,2,12,14H2,1H3,(H,31,32,33). The summed E-state index contributed by atoms with van der Waals surface area (Å²) in [5, 5.41) is 6.52. The molecule has 0 spiro atoms. The van der Waals surface area contributed by atoms with E-state index in [0.29, 0.717) is 17.1 Å². The van der Waals surface area contributed by atoms with E-state index in [1.54, 1.807) is 12.4 Å². The minimum absolute atomic E-state index is 0.388. The van der Waals surface area contributed by atoms with Crippen molar-refractivity contribution in [2.45, 2.75) is 19.5 Å². The number of nitrogens with zero attached hydrogens (tertiary/aromatic N) is 2. The van der Waals surface area contributed by atoms with Crippen molar-refractivity contribution in [3.05, 3.63) is 102 Å². The molecule has 4 rings (SSSR count). The van der Waals surface area contributed by atoms with Crippen LogP contribution in [0.3, 0.4) is 0 Å². The van der Waals surface area contributed by atoms with Gasteiger partial charge in [-0.2, -0.15) is 13.2 Å². The Labute approximate surface area is 190 Å². The average molecular weight is 448 g/mol. The van der Waals surface area contributed by atoms with Gasteiger partial charge in [-0.05, 0) is 54.3 Å². The Morgan fingerprint density at radius 3 is 2.36 bits per heavy atom. The first-order chi connectivity index (χ1) is 15.8. The number of alkyl halides is 3. The molecule has 0 saturated heterocycles. The smallest absolute Gasteiger partial charge is 0.381 e. The van der Waals surface area contributed by atoms with Crippen molar-refractivity contribution in [1.29, 1.82) is 0 Å². The van der Waals surface area contributed by atoms with E-state index < -0.39 is 11.7 Å². The van der Waals surface area contributed by atoms with Crippen LogP contribution in [0.1, 0.15) is 24.5 Å². The molecule has 0 saturated carbocycles. The summed E-state index contributed by atoms with van der Waals surface area (Å²) in [5.41, 5.74) is 5.81. The van der Waals surface area contributed by atoms with E-state index in [1.807, 2.05) is 24.3 Å². The van der Waals surface area contributed by atoms with Crippen LogP contribution in [0.5, 0.6) is 0 Å². The molecule has 1 aliphatic carbocycles. The van der Waals surface area contributed by atoms with Crippen molar-refractivity contribution in [3.63, 3.8) is 0 Å². The van der Waals surface area contributed by atoms with Crippen LogP contribution >= 0.6 is 0 Å². The summed E-state index contributed by atoms with van der Waals surface area (Å²) in [6, 6.07) is 12.7. The van der Waals surface area contributed by atoms with E-state index in [0.717, 1.165) is 42.0 Å². The molecule has 1 aliphatic rings. The fourth-order valence-electron chi connectivity index (χ4n) is 3.49. The van der Waals surface area contributed by atoms with Gasteiger partial charge in [0.1, 0.15) is 0 Å². The maximum Gasteiger partial charge on any atom is 0.416 e. The zero-order valence-electron chi connectivity index (χ0n) is 18.1. The molecule has 33 heavy (non-hydrogen) atoms. The van der Waals surface area contributed by atoms with Crippen molar-refractivity contribution < 1.29 is 13.2 Å². The predicted molar refractivity (Wildman–Crippen MR) is 126 cm³/mol. The van der Waals surface area contributed by atoms with Crippen LogP contribution in [0, 0.1) is 0 Å². The molecular formula is C26H23F3N4. The van der Waals surface area contributed by atoms with Crippen molar-refractivity contribution in [2.24, 2.45) is 0 Å². The first kappa shape index (κ1) is 22.3. The Hall–Kier alpha value is -3.87. The van der Waals surface area contributed by atoms with Gasteiger partial charge in [0, 0.05) is 35.9 Å². The van der Waals surface area contributed by atoms with Crippen molar-refractivity contribution in [2.75, 3.05) is 11.9 Å². The Kier molecular flexibility index (Phi) is 6.31. The Morgan fingerprint density at radius 1 is 1.00 bits per heavy atom. The second-order valence-electron chi connectivity index (χ2n) is 7.92. The summed E-state index contributed by atoms with van der Waals surface area (Å²) < 4.78 is 38.2. The lowest BCUT2D eigenvalue weighted by Gasteiger charge is -2.13. The molecule has 2 aromatic carbocycles. The highest BCUT2D eigenvalue weighted by molar-refractivity contribution is 5.68. The largest absolute Gasteiger partial charge is 0.416 e. The normalized spacial score (nSPS) is 13.3. The number of rotatable bonds is 7. The van der Waals surface area contributed by atoms with E-state index in [1.165, 1.54) is 23.3 Å². The maximum atomic E-state index is 12.7. The topological polar surface area (TPSA) is 49.8 Å². The van der Waals surface area contributed by atoms with Gasteiger partial charge in [-0.1, -0.05) is 48.6 Å². The van der Waals surface area contributed by atoms with Crippen LogP contribution in [0.4, 0.5) is 24.8 Å². The van der Waals surface area contributed by atoms with Crippen LogP contribution in [0.25, 0.3) is 16.8 Å². The average Bonchev–Trinajstić information content (AvgIpc) is 3.23. The lowest BCUT2D eigenvalue weighted by Crippen LogP contribution is -2.14. The van der Waals surface area contributed by atoms with Gasteiger partial charge < -0.3 is 10.6 Å². The van der Waals surface area contributed by atoms with Crippen LogP contribution in [-0.2, 0) is 6.18 Å². The predicted octanol–water partition coefficient (Wildman–Crippen LogP) is 6.74. The molecule has 2 N–H and O–H groups in total. The summed E-state index contributed by atoms with van der Waals surface area (Å²) in [4.78, 5) is 8.59. The molecule has 0 fully saturated rings. The molecule has 1 heterocycles. The van der Waals surface area contributed by atoms with Crippen molar-refractivity contribution in [1.82, 2.24) is 15.3 Å². The number of aromatic nitrogens is 2. The molecule has 0 atom stereocenters. The molecule has 0 unspecified atom stereocenters. The third kappa shape index (κ3) is 5.68. The van der Waals surface area contributed by atoms with E-state index in [4.69, 9.17) is 0 Å². The second-order valence-corrected chi connectivity index (χ2v) is 7.92. The van der Waals surface area contributed by atoms with Gasteiger partial charge in [-0.15, -0.1) is 0 Å². The molecule has 1 aromatic heterocycles. The highest BCUT2D eigenvalue weighted by Gasteiger charge is 2.29. The van der Waals surface area contributed by atoms with Crippen molar-refractivity contribution >= 4 is 17.3 Å². The number of hydrogen-bond donors (Lipinski definition) is 2. The van der Waals surface area contributed by atoms with E-state index in [-0.39, 0.29) is 0 Å². The first-order valence-corrected chi connectivity index (χ1v) is 10.4. The summed E-state index contributed by atoms with van der Waals surface area (Å²) in [6.07, 6.45) is 4.05. The second kappa shape index (κ2) is 9.32. The van der Waals surface area contributed by atoms with Gasteiger partial charge >= 0.3 is 6.18 Å². The molecule has 0 bridgehead atoms. The van der Waals surface area contributed by atoms with Crippen LogP contribution in [0.2, 0.25) is 0 Å². The monoisotopic (exact) mass is 448 g/mol. The molecular weight excluding hydrogens is 425 g/mol. The fourth-order valence-corrected chi connectivity index (χ4v) is 3.49. The van der Waals surface area contributed by atoms with Gasteiger partial charge in [0.25, 0.3) is 0 Å². The molecule has 168 valence electrons. The zero-order chi connectivity index (χ0) is 23.4. The minimum atomic E-state index is -4.36. The SMILES string of the molecule is C=C(NCC1=CC=C(C)C1)c1cccc(Nc2ncc(-c3ccc(C(F)(F)F)cc3)cn2)c1. The lowest BCUT2D eigenvalue weighted by atomic mass is 10.1. The molecule has 3 aromatic rings. The maximum absolute atomic E-state index is 12.7. The van der Waals surface area contributed by atoms with Crippen molar-refractivity contribution in [3.8, 4) is 11.1 Å². The number of halogens is 3. The lowest BCUT2D eigenvalue weighted by molar-refractivity contribution is -0.137. The summed E-state index contributed by atoms with van der Waals surface area (Å²) in [6.45, 7) is 7.00. The van der Waals surface area contributed by atoms with Gasteiger partial charge in [-0.25, -0.2) is 9.97 Å². The van der Waals surface area contributed by atoms with Crippen LogP contribution in [-0.4, -0.2) is 16.5 Å². The van der Waals surface area contributed by atoms with E-state index in [9.17, 15) is 13.2 Å². The van der Waals surface area contributed by atoms with Crippen LogP contribution in [0.15, 0.2) is 90.8 Å². The number of nitrogens with one attached hydrogen (secondary N) is 2. The van der Waals surface area contributed by atoms with Gasteiger partial charge in [0.2, 0.25) is 5.95 Å². The summed E-state index contributed by atoms with van der Waals surface area (Å²) in [7, 11) is 0. The zero-order valence-corrected chi connectivity index (χ0v) is 18.1. The Bertz CT molecular complexity index is 1210. The molecule has 0 amide bonds. The number of allylic oxidation sites excluding steroid dienone is 3. The number of benzene rings is 2. The fraction of sp³-hybridized carbons (Fsp3) is 0.154. The quantitative estimate of drug-likeness (QED) is 0.420. The van der Waals surface area contributed by atoms with E-state index >= 15 is 0 Å². The minimum Gasteiger partial charge on any atom is -0.381 e. The number of hydrogen-bond acceptors (Lipinski definition) is 4. The summed E-state index contributed by atoms with van der Waals surface area (Å²) >= 11 is 0. The molecule has 0 aliphatic heterocycles. The molecule has 0 radical (unpaired) electrons. The number of anilines is 2. The highest BCUT2D eigenvalue weighted by Crippen LogP contribution is 2.31. The van der Waals surface area contributed by atoms with E-state index in [2.05, 4.69) is 46.3 Å². The van der Waals surface area contributed by atoms with Gasteiger partial charge in [0.15, 0.2) is 0 Å². The van der Waals surface area contributed by atoms with Crippen LogP contribution < -0.4 is 10.6 Å². The first-order valence-electron chi connectivity index (χ1n) is 10.4. The molecule has 4 nitrogen and oxygen atoms in total. The Morgan fingerprint density at radius 2 is 1.73 bits per heavy atom. The van der Waals surface area contributed by atoms with Gasteiger partial charge in [-0.3, -0.25) is 0 Å². The third-order valence-corrected chi connectivity index (χ3v) is 5.30. The Balaban J connectivity index is 1.38. The van der Waals surface area contributed by atoms with Gasteiger partial charge in [0.05, 0.1) is 5.56 Å². The third-order valence-electron chi connectivity index (χ3n) is 5.30. The highest BCUT2D eigenvalue weighted by atomic mass is 19.4. The molecule has 7 heteroatoms.